The van der Waals surface area contributed by atoms with Crippen LogP contribution in [0.1, 0.15) is 63.7 Å². The van der Waals surface area contributed by atoms with Gasteiger partial charge in [-0.15, -0.1) is 12.4 Å². The van der Waals surface area contributed by atoms with Crippen LogP contribution in [0.2, 0.25) is 10.0 Å². The molecule has 30 nitrogen and oxygen atoms in total. The maximum atomic E-state index is 12.8. The molecule has 0 fully saturated rings. The molecule has 3 amide bonds. The Hall–Kier alpha value is -11.3. The van der Waals surface area contributed by atoms with Crippen molar-refractivity contribution in [1.29, 1.82) is 0 Å². The standard InChI is InChI=1S/C28H26ClNO9.C27H24ClNO9.C9H15NO5.C4H7NO3.ClH/c1-35-19-8-4-17(5-9-19)15-38-23-13-12-21(25(32)27(33)30-14-22(31)28(34)37-3)24(29)26(23)39-16-18-6-10-20(36-2)11-7-18;1-35-18-7-3-16(4-8-18)14-37-22-12-11-20(24(31)26(32)29-13-21(30)27(33)34)23(28)25(22)38-15-17-5-9-19(36-2)10-6-17;1-9(2,3)15-8(13)10-5-6(11)7(12)14-4;1-8-4(7)3(6)2-5;/h4-13H,14-16H2,1-3H3,(H,30,33);3-12H,13-15H2,1-2H3,(H,29,32)(H,33,34);5H2,1-4H3,(H,10,13);2,5H2,1H3;1H. The number of methoxy groups -OCH3 is 7. The summed E-state index contributed by atoms with van der Waals surface area (Å²) in [5.74, 6) is -9.79. The van der Waals surface area contributed by atoms with Crippen LogP contribution in [0.5, 0.6) is 46.0 Å². The Bertz CT molecular complexity index is 3850. The second-order valence-electron chi connectivity index (χ2n) is 20.6. The van der Waals surface area contributed by atoms with E-state index in [1.165, 1.54) is 24.3 Å². The minimum atomic E-state index is -1.73. The zero-order chi connectivity index (χ0) is 74.6. The molecule has 101 heavy (non-hydrogen) atoms. The van der Waals surface area contributed by atoms with Gasteiger partial charge in [-0.1, -0.05) is 71.7 Å². The van der Waals surface area contributed by atoms with E-state index >= 15 is 0 Å². The molecule has 6 aromatic rings. The van der Waals surface area contributed by atoms with E-state index in [2.05, 4.69) is 24.8 Å². The number of benzene rings is 6. The lowest BCUT2D eigenvalue weighted by molar-refractivity contribution is -0.151. The third kappa shape index (κ3) is 29.3. The van der Waals surface area contributed by atoms with Gasteiger partial charge >= 0.3 is 30.0 Å². The molecule has 0 spiro atoms. The van der Waals surface area contributed by atoms with Crippen molar-refractivity contribution in [1.82, 2.24) is 16.0 Å². The van der Waals surface area contributed by atoms with Crippen molar-refractivity contribution in [3.8, 4) is 46.0 Å². The van der Waals surface area contributed by atoms with Gasteiger partial charge in [0.15, 0.2) is 23.0 Å². The summed E-state index contributed by atoms with van der Waals surface area (Å²) in [7, 11) is 9.49. The van der Waals surface area contributed by atoms with Gasteiger partial charge in [0.1, 0.15) is 55.0 Å². The van der Waals surface area contributed by atoms with E-state index in [4.69, 9.17) is 76.7 Å². The monoisotopic (exact) mass is 1470 g/mol. The molecular weight excluding hydrogens is 1400 g/mol. The van der Waals surface area contributed by atoms with Crippen molar-refractivity contribution in [2.24, 2.45) is 5.73 Å². The molecule has 6 N–H and O–H groups in total. The number of hydrogen-bond donors (Lipinski definition) is 5. The molecule has 0 saturated heterocycles. The van der Waals surface area contributed by atoms with Crippen LogP contribution < -0.4 is 59.6 Å². The van der Waals surface area contributed by atoms with E-state index in [-0.39, 0.29) is 89.5 Å². The fourth-order valence-corrected chi connectivity index (χ4v) is 7.87. The van der Waals surface area contributed by atoms with Crippen LogP contribution >= 0.6 is 35.6 Å². The Kier molecular flexibility index (Phi) is 37.2. The molecular formula is C68H73Cl3N4O26. The molecule has 0 saturated carbocycles. The lowest BCUT2D eigenvalue weighted by Gasteiger charge is -2.19. The molecule has 0 aliphatic heterocycles. The lowest BCUT2D eigenvalue weighted by atomic mass is 10.1. The summed E-state index contributed by atoms with van der Waals surface area (Å²) in [5, 5.41) is 14.5. The predicted octanol–water partition coefficient (Wildman–Crippen LogP) is 6.39. The number of carbonyl (C=O) groups excluding carboxylic acids is 12. The van der Waals surface area contributed by atoms with Crippen LogP contribution in [-0.2, 0) is 93.3 Å². The highest BCUT2D eigenvalue weighted by Crippen LogP contribution is 2.41. The molecule has 6 rings (SSSR count). The number of Topliss-reactive ketones (excluding diaryl/α,β-unsaturated/α-hetero) is 6. The van der Waals surface area contributed by atoms with E-state index in [1.54, 1.807) is 122 Å². The minimum absolute atomic E-state index is 0. The number of aliphatic carboxylic acids is 1. The van der Waals surface area contributed by atoms with E-state index in [0.717, 1.165) is 43.6 Å². The molecule has 0 unspecified atom stereocenters. The summed E-state index contributed by atoms with van der Waals surface area (Å²) in [4.78, 5) is 148. The molecule has 0 aliphatic carbocycles. The number of hydrogen-bond acceptors (Lipinski definition) is 26. The number of halogens is 3. The minimum Gasteiger partial charge on any atom is -0.497 e. The fourth-order valence-electron chi connectivity index (χ4n) is 7.28. The van der Waals surface area contributed by atoms with Crippen molar-refractivity contribution in [3.63, 3.8) is 0 Å². The molecule has 0 bridgehead atoms. The van der Waals surface area contributed by atoms with Gasteiger partial charge in [-0.05, 0) is 116 Å². The second kappa shape index (κ2) is 43.8. The van der Waals surface area contributed by atoms with Crippen LogP contribution in [0, 0.1) is 0 Å². The van der Waals surface area contributed by atoms with Crippen molar-refractivity contribution in [2.45, 2.75) is 52.8 Å². The maximum absolute atomic E-state index is 12.8. The number of esters is 3. The van der Waals surface area contributed by atoms with Gasteiger partial charge < -0.3 is 83.6 Å². The number of ketones is 6. The molecule has 0 aromatic heterocycles. The summed E-state index contributed by atoms with van der Waals surface area (Å²) >= 11 is 13.0. The number of nitrogens with one attached hydrogen (secondary N) is 3. The van der Waals surface area contributed by atoms with Crippen LogP contribution in [-0.4, -0.2) is 163 Å². The third-order valence-corrected chi connectivity index (χ3v) is 13.2. The van der Waals surface area contributed by atoms with Crippen molar-refractivity contribution < 1.29 is 124 Å². The largest absolute Gasteiger partial charge is 0.497 e. The predicted molar refractivity (Wildman–Crippen MR) is 361 cm³/mol. The van der Waals surface area contributed by atoms with E-state index in [0.29, 0.717) is 23.0 Å². The average molecular weight is 1470 g/mol. The van der Waals surface area contributed by atoms with Crippen molar-refractivity contribution in [2.75, 3.05) is 75.9 Å². The van der Waals surface area contributed by atoms with Gasteiger partial charge in [-0.3, -0.25) is 38.4 Å². The van der Waals surface area contributed by atoms with Gasteiger partial charge in [0, 0.05) is 0 Å². The highest BCUT2D eigenvalue weighted by molar-refractivity contribution is 6.49. The van der Waals surface area contributed by atoms with E-state index in [9.17, 15) is 62.3 Å². The van der Waals surface area contributed by atoms with Crippen molar-refractivity contribution >= 4 is 112 Å². The summed E-state index contributed by atoms with van der Waals surface area (Å²) < 4.78 is 61.7. The Morgan fingerprint density at radius 1 is 0.406 bits per heavy atom. The quantitative estimate of drug-likeness (QED) is 0.0136. The zero-order valence-electron chi connectivity index (χ0n) is 56.1. The average Bonchev–Trinajstić information content (AvgIpc) is 0.811. The Labute approximate surface area is 594 Å². The summed E-state index contributed by atoms with van der Waals surface area (Å²) in [6, 6.07) is 34.1. The molecule has 33 heteroatoms. The number of carbonyl (C=O) groups is 13. The SMILES string of the molecule is COC(=O)C(=O)CN.COC(=O)C(=O)CNC(=O)C(=O)c1ccc(OCc2ccc(OC)cc2)c(OCc2ccc(OC)cc2)c1Cl.COC(=O)C(=O)CNC(=O)OC(C)(C)C.COc1ccc(COc2ccc(C(=O)C(=O)NCC(=O)C(=O)O)c(Cl)c2OCc2ccc(OC)cc2)cc1.Cl. The van der Waals surface area contributed by atoms with Gasteiger partial charge in [0.05, 0.1) is 97.1 Å². The second-order valence-corrected chi connectivity index (χ2v) is 21.4. The normalized spacial score (nSPS) is 10.0. The van der Waals surface area contributed by atoms with E-state index in [1.807, 2.05) is 29.6 Å². The molecule has 542 valence electrons. The summed E-state index contributed by atoms with van der Waals surface area (Å²) in [6.07, 6.45) is -0.750. The molecule has 0 radical (unpaired) electrons. The number of rotatable bonds is 31. The van der Waals surface area contributed by atoms with Crippen LogP contribution in [0.25, 0.3) is 0 Å². The number of carboxylic acid groups (broad SMARTS) is 1. The van der Waals surface area contributed by atoms with Gasteiger partial charge in [0.2, 0.25) is 0 Å². The Morgan fingerprint density at radius 2 is 0.693 bits per heavy atom. The molecule has 6 aromatic carbocycles. The first kappa shape index (κ1) is 85.7. The lowest BCUT2D eigenvalue weighted by Crippen LogP contribution is -2.37. The van der Waals surface area contributed by atoms with Crippen molar-refractivity contribution in [3.05, 3.63) is 165 Å². The van der Waals surface area contributed by atoms with Gasteiger partial charge in [-0.2, -0.15) is 0 Å². The molecule has 0 heterocycles. The van der Waals surface area contributed by atoms with Gasteiger partial charge in [-0.25, -0.2) is 24.0 Å². The fraction of sp³-hybridized carbons (Fsp3) is 0.279. The first-order valence-corrected chi connectivity index (χ1v) is 29.8. The number of alkyl carbamates (subject to hydrolysis) is 1. The smallest absolute Gasteiger partial charge is 0.408 e. The van der Waals surface area contributed by atoms with Crippen LogP contribution in [0.4, 0.5) is 4.79 Å². The Balaban J connectivity index is 0.000000522. The van der Waals surface area contributed by atoms with Crippen LogP contribution in [0.3, 0.4) is 0 Å². The maximum Gasteiger partial charge on any atom is 0.408 e. The van der Waals surface area contributed by atoms with E-state index < -0.39 is 102 Å². The number of ether oxygens (including phenoxy) is 12. The highest BCUT2D eigenvalue weighted by atomic mass is 35.5. The number of amides is 3. The van der Waals surface area contributed by atoms with Crippen LogP contribution in [0.15, 0.2) is 121 Å². The summed E-state index contributed by atoms with van der Waals surface area (Å²) in [5.41, 5.74) is 6.97. The third-order valence-electron chi connectivity index (χ3n) is 12.5. The zero-order valence-corrected chi connectivity index (χ0v) is 58.4. The highest BCUT2D eigenvalue weighted by Gasteiger charge is 2.28. The Morgan fingerprint density at radius 3 is 0.960 bits per heavy atom. The first-order chi connectivity index (χ1) is 47.5. The summed E-state index contributed by atoms with van der Waals surface area (Å²) in [6.45, 7) is 3.22. The number of nitrogens with two attached hydrogens (primary N) is 1. The molecule has 0 aliphatic rings. The number of carboxylic acids is 1. The molecule has 0 atom stereocenters. The van der Waals surface area contributed by atoms with Gasteiger partial charge in [0.25, 0.3) is 46.5 Å². The first-order valence-electron chi connectivity index (χ1n) is 29.1. The topological polar surface area (TPSA) is 415 Å².